The van der Waals surface area contributed by atoms with Crippen LogP contribution >= 0.6 is 11.8 Å². The zero-order chi connectivity index (χ0) is 20.5. The number of anilines is 2. The quantitative estimate of drug-likeness (QED) is 0.441. The van der Waals surface area contributed by atoms with E-state index in [0.29, 0.717) is 17.2 Å². The Morgan fingerprint density at radius 3 is 2.66 bits per heavy atom. The van der Waals surface area contributed by atoms with Crippen molar-refractivity contribution in [3.63, 3.8) is 0 Å². The van der Waals surface area contributed by atoms with E-state index in [-0.39, 0.29) is 11.3 Å². The lowest BCUT2D eigenvalue weighted by Gasteiger charge is -2.11. The molecule has 0 aliphatic carbocycles. The van der Waals surface area contributed by atoms with Crippen molar-refractivity contribution >= 4 is 28.9 Å². The molecule has 0 spiro atoms. The Morgan fingerprint density at radius 2 is 1.93 bits per heavy atom. The first kappa shape index (κ1) is 19.2. The van der Waals surface area contributed by atoms with Crippen LogP contribution < -0.4 is 10.1 Å². The number of halogens is 2. The smallest absolute Gasteiger partial charge is 0.201 e. The molecule has 0 bridgehead atoms. The van der Waals surface area contributed by atoms with Gasteiger partial charge in [-0.3, -0.25) is 4.40 Å². The summed E-state index contributed by atoms with van der Waals surface area (Å²) in [6.45, 7) is 2.04. The first-order valence-electron chi connectivity index (χ1n) is 8.79. The molecule has 0 unspecified atom stereocenters. The van der Waals surface area contributed by atoms with Crippen LogP contribution in [0.3, 0.4) is 0 Å². The van der Waals surface area contributed by atoms with Gasteiger partial charge in [0.1, 0.15) is 0 Å². The fourth-order valence-corrected chi connectivity index (χ4v) is 3.77. The van der Waals surface area contributed by atoms with Gasteiger partial charge in [0.05, 0.1) is 19.0 Å². The molecule has 0 saturated heterocycles. The van der Waals surface area contributed by atoms with Crippen LogP contribution in [0.1, 0.15) is 5.56 Å². The van der Waals surface area contributed by atoms with E-state index in [4.69, 9.17) is 4.74 Å². The second kappa shape index (κ2) is 7.71. The molecule has 2 aromatic carbocycles. The molecule has 29 heavy (non-hydrogen) atoms. The number of hydrogen-bond donors (Lipinski definition) is 1. The number of aryl methyl sites for hydroxylation is 1. The van der Waals surface area contributed by atoms with E-state index in [1.165, 1.54) is 30.3 Å². The van der Waals surface area contributed by atoms with Crippen LogP contribution in [0, 0.1) is 18.6 Å². The van der Waals surface area contributed by atoms with Gasteiger partial charge in [0.15, 0.2) is 23.0 Å². The topological polar surface area (TPSA) is 51.5 Å². The number of aromatic nitrogens is 3. The summed E-state index contributed by atoms with van der Waals surface area (Å²) < 4.78 is 35.2. The maximum Gasteiger partial charge on any atom is 0.201 e. The Morgan fingerprint density at radius 1 is 1.10 bits per heavy atom. The Kier molecular flexibility index (Phi) is 5.10. The van der Waals surface area contributed by atoms with E-state index in [2.05, 4.69) is 15.3 Å². The molecule has 5 nitrogen and oxygen atoms in total. The van der Waals surface area contributed by atoms with E-state index >= 15 is 0 Å². The normalized spacial score (nSPS) is 11.1. The van der Waals surface area contributed by atoms with Crippen LogP contribution in [0.5, 0.6) is 5.75 Å². The first-order valence-corrected chi connectivity index (χ1v) is 10.0. The number of benzene rings is 2. The molecule has 0 aliphatic rings. The highest BCUT2D eigenvalue weighted by Gasteiger charge is 2.19. The second-order valence-electron chi connectivity index (χ2n) is 6.37. The largest absolute Gasteiger partial charge is 0.494 e. The highest BCUT2D eigenvalue weighted by Crippen LogP contribution is 2.32. The van der Waals surface area contributed by atoms with Crippen LogP contribution in [-0.2, 0) is 0 Å². The number of thioether (sulfide) groups is 1. The van der Waals surface area contributed by atoms with Crippen LogP contribution in [0.4, 0.5) is 20.3 Å². The Bertz CT molecular complexity index is 1210. The van der Waals surface area contributed by atoms with Crippen molar-refractivity contribution < 1.29 is 13.5 Å². The number of fused-ring (bicyclic) bond motifs is 1. The molecule has 0 saturated carbocycles. The predicted octanol–water partition coefficient (Wildman–Crippen LogP) is 5.46. The number of hydrogen-bond acceptors (Lipinski definition) is 5. The number of nitrogens with zero attached hydrogens (tertiary/aromatic N) is 3. The van der Waals surface area contributed by atoms with Crippen LogP contribution in [0.25, 0.3) is 16.9 Å². The average Bonchev–Trinajstić information content (AvgIpc) is 3.15. The molecule has 0 amide bonds. The molecular weight excluding hydrogens is 394 g/mol. The minimum atomic E-state index is -1.03. The first-order chi connectivity index (χ1) is 14.0. The van der Waals surface area contributed by atoms with Crippen molar-refractivity contribution in [3.05, 3.63) is 66.1 Å². The molecular formula is C21H18F2N4OS. The van der Waals surface area contributed by atoms with Crippen molar-refractivity contribution in [2.24, 2.45) is 0 Å². The van der Waals surface area contributed by atoms with Crippen molar-refractivity contribution in [1.82, 2.24) is 14.4 Å². The molecule has 148 valence electrons. The molecule has 0 fully saturated rings. The van der Waals surface area contributed by atoms with Crippen molar-refractivity contribution in [3.8, 4) is 17.0 Å². The summed E-state index contributed by atoms with van der Waals surface area (Å²) in [6, 6.07) is 8.89. The standard InChI is InChI=1S/C21H18F2N4OS/c1-12-10-13(4-7-17(12)29-3)26-20-21-25-11-15(27(21)9-8-24-20)14-5-6-16(28-2)19(23)18(14)22/h4-11H,1-3H3,(H,24,26). The number of nitrogens with one attached hydrogen (secondary N) is 1. The molecule has 1 N–H and O–H groups in total. The Hall–Kier alpha value is -3.13. The van der Waals surface area contributed by atoms with E-state index in [0.717, 1.165) is 11.3 Å². The Labute approximate surface area is 170 Å². The third-order valence-corrected chi connectivity index (χ3v) is 5.53. The number of rotatable bonds is 5. The van der Waals surface area contributed by atoms with Gasteiger partial charge >= 0.3 is 0 Å². The van der Waals surface area contributed by atoms with E-state index in [1.807, 2.05) is 31.4 Å². The molecule has 0 atom stereocenters. The number of imidazole rings is 1. The summed E-state index contributed by atoms with van der Waals surface area (Å²) in [7, 11) is 1.29. The predicted molar refractivity (Wildman–Crippen MR) is 111 cm³/mol. The highest BCUT2D eigenvalue weighted by molar-refractivity contribution is 7.98. The lowest BCUT2D eigenvalue weighted by molar-refractivity contribution is 0.372. The van der Waals surface area contributed by atoms with Gasteiger partial charge in [-0.2, -0.15) is 4.39 Å². The summed E-state index contributed by atoms with van der Waals surface area (Å²) in [5.41, 5.74) is 3.03. The summed E-state index contributed by atoms with van der Waals surface area (Å²) in [5, 5.41) is 3.26. The number of methoxy groups -OCH3 is 1. The molecule has 8 heteroatoms. The van der Waals surface area contributed by atoms with Gasteiger partial charge in [-0.05, 0) is 49.1 Å². The third kappa shape index (κ3) is 3.40. The minimum Gasteiger partial charge on any atom is -0.494 e. The SMILES string of the molecule is COc1ccc(-c2cnc3c(Nc4ccc(SC)c(C)c4)nccn23)c(F)c1F. The zero-order valence-electron chi connectivity index (χ0n) is 16.0. The maximum atomic E-state index is 14.6. The van der Waals surface area contributed by atoms with Gasteiger partial charge in [0.25, 0.3) is 0 Å². The molecule has 2 aromatic heterocycles. The molecule has 4 rings (SSSR count). The van der Waals surface area contributed by atoms with Crippen LogP contribution in [0.2, 0.25) is 0 Å². The minimum absolute atomic E-state index is 0.0908. The lowest BCUT2D eigenvalue weighted by atomic mass is 10.1. The number of ether oxygens (including phenoxy) is 1. The van der Waals surface area contributed by atoms with Gasteiger partial charge in [-0.1, -0.05) is 0 Å². The molecule has 2 heterocycles. The monoisotopic (exact) mass is 412 g/mol. The van der Waals surface area contributed by atoms with Crippen LogP contribution in [0.15, 0.2) is 53.8 Å². The second-order valence-corrected chi connectivity index (χ2v) is 7.21. The average molecular weight is 412 g/mol. The lowest BCUT2D eigenvalue weighted by Crippen LogP contribution is -2.00. The van der Waals surface area contributed by atoms with E-state index in [1.54, 1.807) is 28.6 Å². The van der Waals surface area contributed by atoms with Crippen molar-refractivity contribution in [2.75, 3.05) is 18.7 Å². The summed E-state index contributed by atoms with van der Waals surface area (Å²) in [4.78, 5) is 9.93. The fraction of sp³-hybridized carbons (Fsp3) is 0.143. The summed E-state index contributed by atoms with van der Waals surface area (Å²) in [6.07, 6.45) is 6.77. The molecule has 0 aliphatic heterocycles. The fourth-order valence-electron chi connectivity index (χ4n) is 3.19. The zero-order valence-corrected chi connectivity index (χ0v) is 16.8. The van der Waals surface area contributed by atoms with E-state index in [9.17, 15) is 8.78 Å². The Balaban J connectivity index is 1.76. The third-order valence-electron chi connectivity index (χ3n) is 4.63. The van der Waals surface area contributed by atoms with Crippen molar-refractivity contribution in [1.29, 1.82) is 0 Å². The van der Waals surface area contributed by atoms with Gasteiger partial charge < -0.3 is 10.1 Å². The summed E-state index contributed by atoms with van der Waals surface area (Å²) >= 11 is 1.68. The van der Waals surface area contributed by atoms with Gasteiger partial charge in [-0.15, -0.1) is 11.8 Å². The highest BCUT2D eigenvalue weighted by atomic mass is 32.2. The van der Waals surface area contributed by atoms with Gasteiger partial charge in [0.2, 0.25) is 5.82 Å². The van der Waals surface area contributed by atoms with Gasteiger partial charge in [0, 0.05) is 28.5 Å². The van der Waals surface area contributed by atoms with Crippen LogP contribution in [-0.4, -0.2) is 27.7 Å². The summed E-state index contributed by atoms with van der Waals surface area (Å²) in [5.74, 6) is -1.64. The maximum absolute atomic E-state index is 14.6. The molecule has 0 radical (unpaired) electrons. The van der Waals surface area contributed by atoms with Gasteiger partial charge in [-0.25, -0.2) is 14.4 Å². The molecule has 4 aromatic rings. The van der Waals surface area contributed by atoms with E-state index < -0.39 is 11.6 Å². The van der Waals surface area contributed by atoms with Crippen molar-refractivity contribution in [2.45, 2.75) is 11.8 Å².